The van der Waals surface area contributed by atoms with Crippen LogP contribution < -0.4 is 14.5 Å². The van der Waals surface area contributed by atoms with Crippen LogP contribution in [0.2, 0.25) is 0 Å². The van der Waals surface area contributed by atoms with Gasteiger partial charge in [-0.15, -0.1) is 53.6 Å². The molecule has 1 saturated carbocycles. The number of pyridine rings is 1. The van der Waals surface area contributed by atoms with Crippen molar-refractivity contribution in [2.45, 2.75) is 97.3 Å². The molecule has 0 radical (unpaired) electrons. The maximum Gasteiger partial charge on any atom is 0.135 e. The monoisotopic (exact) mass is 930 g/mol. The summed E-state index contributed by atoms with van der Waals surface area (Å²) in [5.74, 6) is 2.82. The summed E-state index contributed by atoms with van der Waals surface area (Å²) in [5.41, 5.74) is 11.5. The van der Waals surface area contributed by atoms with E-state index in [1.807, 2.05) is 12.3 Å². The van der Waals surface area contributed by atoms with Crippen molar-refractivity contribution < 1.29 is 25.8 Å². The van der Waals surface area contributed by atoms with Gasteiger partial charge in [0.25, 0.3) is 0 Å². The third kappa shape index (κ3) is 7.40. The predicted molar refractivity (Wildman–Crippen MR) is 232 cm³/mol. The van der Waals surface area contributed by atoms with Crippen LogP contribution in [0, 0.1) is 25.7 Å². The van der Waals surface area contributed by atoms with Crippen molar-refractivity contribution in [3.8, 4) is 17.3 Å². The second-order valence-electron chi connectivity index (χ2n) is 17.8. The molecule has 0 spiro atoms. The van der Waals surface area contributed by atoms with Gasteiger partial charge in [-0.25, -0.2) is 4.98 Å². The fourth-order valence-corrected chi connectivity index (χ4v) is 8.63. The molecule has 6 heteroatoms. The number of ether oxygens (including phenoxy) is 1. The number of nitrogens with zero attached hydrogens (tertiary/aromatic N) is 4. The Bertz CT molecular complexity index is 2590. The van der Waals surface area contributed by atoms with E-state index in [1.165, 1.54) is 54.5 Å². The van der Waals surface area contributed by atoms with E-state index in [-0.39, 0.29) is 31.9 Å². The second kappa shape index (κ2) is 15.1. The Kier molecular flexibility index (Phi) is 10.4. The number of para-hydroxylation sites is 3. The van der Waals surface area contributed by atoms with Crippen molar-refractivity contribution in [3.63, 3.8) is 0 Å². The van der Waals surface area contributed by atoms with Crippen LogP contribution in [0.3, 0.4) is 0 Å². The van der Waals surface area contributed by atoms with Crippen molar-refractivity contribution >= 4 is 44.6 Å². The van der Waals surface area contributed by atoms with Gasteiger partial charge in [-0.1, -0.05) is 103 Å². The molecule has 57 heavy (non-hydrogen) atoms. The first-order valence-electron chi connectivity index (χ1n) is 20.2. The minimum atomic E-state index is -0.128. The quantitative estimate of drug-likeness (QED) is 0.156. The Hall–Kier alpha value is -4.86. The molecule has 5 nitrogen and oxygen atoms in total. The normalized spacial score (nSPS) is 14.9. The summed E-state index contributed by atoms with van der Waals surface area (Å²) < 4.78 is 8.98. The van der Waals surface area contributed by atoms with Gasteiger partial charge in [-0.3, -0.25) is 0 Å². The van der Waals surface area contributed by atoms with Gasteiger partial charge in [0, 0.05) is 61.3 Å². The third-order valence-electron chi connectivity index (χ3n) is 11.8. The third-order valence-corrected chi connectivity index (χ3v) is 11.8. The molecule has 294 valence electrons. The Labute approximate surface area is 353 Å². The van der Waals surface area contributed by atoms with Crippen LogP contribution in [0.5, 0.6) is 11.5 Å². The number of aryl methyl sites for hydroxylation is 1. The van der Waals surface area contributed by atoms with Crippen LogP contribution in [0.15, 0.2) is 109 Å². The van der Waals surface area contributed by atoms with Gasteiger partial charge < -0.3 is 19.1 Å². The van der Waals surface area contributed by atoms with E-state index in [2.05, 4.69) is 179 Å². The molecule has 3 heterocycles. The van der Waals surface area contributed by atoms with Gasteiger partial charge in [0.05, 0.1) is 0 Å². The van der Waals surface area contributed by atoms with Gasteiger partial charge in [-0.2, -0.15) is 6.07 Å². The molecular weight excluding hydrogens is 880 g/mol. The molecular formula is C51H51N4OPt-3. The van der Waals surface area contributed by atoms with E-state index < -0.39 is 0 Å². The number of hydrogen-bond donors (Lipinski definition) is 0. The van der Waals surface area contributed by atoms with Gasteiger partial charge in [0.1, 0.15) is 5.82 Å². The topological polar surface area (TPSA) is 33.5 Å². The first-order valence-corrected chi connectivity index (χ1v) is 20.2. The molecule has 1 aliphatic heterocycles. The average Bonchev–Trinajstić information content (AvgIpc) is 3.74. The van der Waals surface area contributed by atoms with Crippen LogP contribution in [0.1, 0.15) is 102 Å². The van der Waals surface area contributed by atoms with Crippen molar-refractivity contribution in [2.75, 3.05) is 9.80 Å². The van der Waals surface area contributed by atoms with E-state index in [1.54, 1.807) is 0 Å². The summed E-state index contributed by atoms with van der Waals surface area (Å²) in [5, 5.41) is 2.26. The van der Waals surface area contributed by atoms with E-state index in [9.17, 15) is 0 Å². The Morgan fingerprint density at radius 1 is 0.684 bits per heavy atom. The van der Waals surface area contributed by atoms with Gasteiger partial charge in [0.15, 0.2) is 0 Å². The van der Waals surface area contributed by atoms with E-state index in [0.29, 0.717) is 17.4 Å². The molecule has 1 fully saturated rings. The van der Waals surface area contributed by atoms with Crippen molar-refractivity contribution in [1.29, 1.82) is 0 Å². The van der Waals surface area contributed by atoms with Crippen molar-refractivity contribution in [1.82, 2.24) is 9.55 Å². The molecule has 0 unspecified atom stereocenters. The number of hydrogen-bond acceptors (Lipinski definition) is 4. The van der Waals surface area contributed by atoms with Crippen LogP contribution in [-0.2, 0) is 31.9 Å². The minimum Gasteiger partial charge on any atom is -0.509 e. The molecule has 0 bridgehead atoms. The van der Waals surface area contributed by atoms with Crippen LogP contribution in [0.4, 0.5) is 22.7 Å². The molecule has 2 aromatic heterocycles. The van der Waals surface area contributed by atoms with Crippen LogP contribution in [0.25, 0.3) is 27.6 Å². The Morgan fingerprint density at radius 2 is 1.40 bits per heavy atom. The number of fused-ring (bicyclic) bond motifs is 4. The number of rotatable bonds is 6. The second-order valence-corrected chi connectivity index (χ2v) is 17.8. The molecule has 2 aliphatic rings. The minimum absolute atomic E-state index is 0. The standard InChI is InChI=1S/C51H51N4O.Pt/c1-34-27-38(21-23-42(34)35-15-9-8-10-16-35)53-33-54(47-20-14-13-19-46(47)53)39-28-37(51(5,6)7)29-41(31-39)56-40-22-24-44-43-17-11-12-18-45(43)55(48(44)32-40)49-30-36(25-26-52-49)50(2,3)4;/h11-14,17-30,33,35H,8-10,15-16H2,1-7H3;/q-3;. The number of aromatic nitrogens is 2. The number of benzene rings is 5. The molecule has 0 amide bonds. The zero-order chi connectivity index (χ0) is 38.8. The van der Waals surface area contributed by atoms with Crippen molar-refractivity contribution in [2.24, 2.45) is 0 Å². The zero-order valence-corrected chi connectivity index (χ0v) is 36.4. The van der Waals surface area contributed by atoms with Crippen LogP contribution >= 0.6 is 0 Å². The first kappa shape index (κ1) is 39.0. The van der Waals surface area contributed by atoms with E-state index >= 15 is 0 Å². The summed E-state index contributed by atoms with van der Waals surface area (Å²) in [6.07, 6.45) is 8.55. The molecule has 9 rings (SSSR count). The molecule has 0 N–H and O–H groups in total. The Balaban J connectivity index is 0.00000455. The summed E-state index contributed by atoms with van der Waals surface area (Å²) >= 11 is 0. The summed E-state index contributed by atoms with van der Waals surface area (Å²) in [6, 6.07) is 44.4. The summed E-state index contributed by atoms with van der Waals surface area (Å²) in [6.45, 7) is 17.9. The largest absolute Gasteiger partial charge is 0.509 e. The van der Waals surface area contributed by atoms with Gasteiger partial charge >= 0.3 is 0 Å². The SMILES string of the molecule is Cc1cc(N2[CH-]N(c3[c-]c(Oc4[c-]c5c(cc4)c4ccccc4n5-c4cc(C(C)(C)C)ccn4)cc(C(C)(C)C)c3)c3ccccc32)ccc1C1CCCCC1.[Pt]. The van der Waals surface area contributed by atoms with Gasteiger partial charge in [0.2, 0.25) is 0 Å². The maximum absolute atomic E-state index is 6.77. The van der Waals surface area contributed by atoms with Crippen molar-refractivity contribution in [3.05, 3.63) is 150 Å². The molecule has 5 aromatic carbocycles. The van der Waals surface area contributed by atoms with E-state index in [0.717, 1.165) is 50.2 Å². The first-order chi connectivity index (χ1) is 26.9. The summed E-state index contributed by atoms with van der Waals surface area (Å²) in [4.78, 5) is 9.43. The maximum atomic E-state index is 6.77. The summed E-state index contributed by atoms with van der Waals surface area (Å²) in [7, 11) is 0. The van der Waals surface area contributed by atoms with Crippen LogP contribution in [-0.4, -0.2) is 9.55 Å². The molecule has 0 atom stereocenters. The Morgan fingerprint density at radius 3 is 2.14 bits per heavy atom. The number of anilines is 4. The molecule has 7 aromatic rings. The van der Waals surface area contributed by atoms with Gasteiger partial charge in [-0.05, 0) is 101 Å². The average molecular weight is 931 g/mol. The fraction of sp³-hybridized carbons (Fsp3) is 0.294. The fourth-order valence-electron chi connectivity index (χ4n) is 8.63. The molecule has 0 saturated heterocycles. The predicted octanol–water partition coefficient (Wildman–Crippen LogP) is 13.9. The zero-order valence-electron chi connectivity index (χ0n) is 34.1. The molecule has 1 aliphatic carbocycles. The van der Waals surface area contributed by atoms with E-state index in [4.69, 9.17) is 9.72 Å². The smallest absolute Gasteiger partial charge is 0.135 e.